The van der Waals surface area contributed by atoms with E-state index in [0.29, 0.717) is 0 Å². The second-order valence-corrected chi connectivity index (χ2v) is 4.76. The fraction of sp³-hybridized carbons (Fsp3) is 0.267. The molecule has 2 aromatic rings. The van der Waals surface area contributed by atoms with Crippen molar-refractivity contribution in [2.45, 2.75) is 25.7 Å². The summed E-state index contributed by atoms with van der Waals surface area (Å²) in [6, 6.07) is 3.92. The van der Waals surface area contributed by atoms with Gasteiger partial charge in [-0.15, -0.1) is 0 Å². The molecule has 0 saturated carbocycles. The molecule has 3 heterocycles. The van der Waals surface area contributed by atoms with Gasteiger partial charge in [0.2, 0.25) is 0 Å². The van der Waals surface area contributed by atoms with E-state index in [4.69, 9.17) is 6.57 Å². The number of H-pyrrole nitrogens is 1. The second kappa shape index (κ2) is 5.17. The molecule has 3 rings (SSSR count). The fourth-order valence-electron chi connectivity index (χ4n) is 2.62. The molecule has 2 aromatic heterocycles. The molecule has 0 aromatic carbocycles. The Morgan fingerprint density at radius 3 is 2.85 bits per heavy atom. The smallest absolute Gasteiger partial charge is 0.196 e. The highest BCUT2D eigenvalue weighted by Gasteiger charge is 2.31. The summed E-state index contributed by atoms with van der Waals surface area (Å²) in [6.45, 7) is 9.67. The van der Waals surface area contributed by atoms with E-state index in [1.54, 1.807) is 18.6 Å². The molecule has 0 saturated heterocycles. The zero-order valence-electron chi connectivity index (χ0n) is 11.2. The van der Waals surface area contributed by atoms with Gasteiger partial charge in [0.25, 0.3) is 0 Å². The van der Waals surface area contributed by atoms with Crippen LogP contribution in [-0.2, 0) is 0 Å². The average Bonchev–Trinajstić information content (AvgIpc) is 2.95. The van der Waals surface area contributed by atoms with Crippen LogP contribution in [0, 0.1) is 6.57 Å². The molecule has 0 amide bonds. The quantitative estimate of drug-likeness (QED) is 0.837. The monoisotopic (exact) mass is 265 g/mol. The summed E-state index contributed by atoms with van der Waals surface area (Å²) in [5.41, 5.74) is 3.83. The van der Waals surface area contributed by atoms with E-state index < -0.39 is 0 Å². The number of hydrogen-bond acceptors (Lipinski definition) is 3. The van der Waals surface area contributed by atoms with Crippen molar-refractivity contribution in [2.75, 3.05) is 5.32 Å². The molecule has 2 N–H and O–H groups in total. The van der Waals surface area contributed by atoms with E-state index in [9.17, 15) is 0 Å². The highest BCUT2D eigenvalue weighted by atomic mass is 15.2. The third-order valence-corrected chi connectivity index (χ3v) is 3.50. The first-order valence-electron chi connectivity index (χ1n) is 6.65. The molecule has 0 bridgehead atoms. The summed E-state index contributed by atoms with van der Waals surface area (Å²) in [7, 11) is 0. The standard InChI is InChI=1S/C15H15N5/c1-3-4-12-14(16-2)13(10-5-7-17-8-6-10)11-9-18-20-15(11)19-12/h5-9,13H,3-4H2,1H3,(H2,18,19,20). The van der Waals surface area contributed by atoms with Crippen molar-refractivity contribution in [2.24, 2.45) is 0 Å². The van der Waals surface area contributed by atoms with Gasteiger partial charge >= 0.3 is 0 Å². The summed E-state index contributed by atoms with van der Waals surface area (Å²) < 4.78 is 0. The number of rotatable bonds is 3. The van der Waals surface area contributed by atoms with Crippen molar-refractivity contribution >= 4 is 5.82 Å². The first-order chi connectivity index (χ1) is 9.85. The average molecular weight is 265 g/mol. The van der Waals surface area contributed by atoms with Crippen LogP contribution in [0.1, 0.15) is 36.8 Å². The topological polar surface area (TPSA) is 58.0 Å². The Hall–Kier alpha value is -2.61. The number of pyridine rings is 1. The van der Waals surface area contributed by atoms with Gasteiger partial charge in [-0.25, -0.2) is 4.85 Å². The van der Waals surface area contributed by atoms with Crippen molar-refractivity contribution in [1.29, 1.82) is 0 Å². The highest BCUT2D eigenvalue weighted by molar-refractivity contribution is 5.62. The number of hydrogen-bond donors (Lipinski definition) is 2. The van der Waals surface area contributed by atoms with Gasteiger partial charge in [0.1, 0.15) is 5.82 Å². The first kappa shape index (κ1) is 12.4. The van der Waals surface area contributed by atoms with Crippen LogP contribution in [0.3, 0.4) is 0 Å². The fourth-order valence-corrected chi connectivity index (χ4v) is 2.62. The van der Waals surface area contributed by atoms with Gasteiger partial charge in [-0.05, 0) is 24.1 Å². The molecule has 1 aliphatic rings. The lowest BCUT2D eigenvalue weighted by molar-refractivity contribution is 0.844. The molecule has 0 radical (unpaired) electrons. The summed E-state index contributed by atoms with van der Waals surface area (Å²) >= 11 is 0. The molecule has 20 heavy (non-hydrogen) atoms. The van der Waals surface area contributed by atoms with Gasteiger partial charge in [-0.2, -0.15) is 5.10 Å². The van der Waals surface area contributed by atoms with Crippen LogP contribution in [0.4, 0.5) is 5.82 Å². The van der Waals surface area contributed by atoms with E-state index in [1.807, 2.05) is 12.1 Å². The largest absolute Gasteiger partial charge is 0.354 e. The Balaban J connectivity index is 2.16. The summed E-state index contributed by atoms with van der Waals surface area (Å²) in [5.74, 6) is 0.828. The van der Waals surface area contributed by atoms with Crippen molar-refractivity contribution in [1.82, 2.24) is 15.2 Å². The number of anilines is 1. The third-order valence-electron chi connectivity index (χ3n) is 3.50. The van der Waals surface area contributed by atoms with Crippen LogP contribution >= 0.6 is 0 Å². The number of nitrogens with zero attached hydrogens (tertiary/aromatic N) is 3. The lowest BCUT2D eigenvalue weighted by Crippen LogP contribution is -2.17. The van der Waals surface area contributed by atoms with Crippen molar-refractivity contribution in [3.05, 3.63) is 64.7 Å². The molecule has 100 valence electrons. The highest BCUT2D eigenvalue weighted by Crippen LogP contribution is 2.41. The van der Waals surface area contributed by atoms with Gasteiger partial charge < -0.3 is 5.32 Å². The van der Waals surface area contributed by atoms with E-state index in [0.717, 1.165) is 41.2 Å². The van der Waals surface area contributed by atoms with Crippen molar-refractivity contribution in [3.63, 3.8) is 0 Å². The molecule has 0 spiro atoms. The molecule has 1 atom stereocenters. The van der Waals surface area contributed by atoms with Crippen LogP contribution in [0.2, 0.25) is 0 Å². The molecule has 0 fully saturated rings. The molecule has 5 heteroatoms. The van der Waals surface area contributed by atoms with Gasteiger partial charge in [0.15, 0.2) is 5.70 Å². The van der Waals surface area contributed by atoms with Gasteiger partial charge in [-0.3, -0.25) is 10.1 Å². The van der Waals surface area contributed by atoms with Crippen molar-refractivity contribution in [3.8, 4) is 0 Å². The van der Waals surface area contributed by atoms with Gasteiger partial charge in [0, 0.05) is 23.7 Å². The first-order valence-corrected chi connectivity index (χ1v) is 6.65. The Labute approximate surface area is 117 Å². The Morgan fingerprint density at radius 2 is 2.15 bits per heavy atom. The maximum Gasteiger partial charge on any atom is 0.196 e. The number of aromatic amines is 1. The van der Waals surface area contributed by atoms with Gasteiger partial charge in [0.05, 0.1) is 18.7 Å². The summed E-state index contributed by atoms with van der Waals surface area (Å²) in [4.78, 5) is 7.85. The van der Waals surface area contributed by atoms with E-state index >= 15 is 0 Å². The maximum atomic E-state index is 7.56. The Morgan fingerprint density at radius 1 is 1.35 bits per heavy atom. The molecular weight excluding hydrogens is 250 g/mol. The number of allylic oxidation sites excluding steroid dienone is 2. The minimum Gasteiger partial charge on any atom is -0.354 e. The number of aromatic nitrogens is 3. The van der Waals surface area contributed by atoms with Crippen LogP contribution < -0.4 is 5.32 Å². The van der Waals surface area contributed by atoms with Crippen LogP contribution in [0.5, 0.6) is 0 Å². The zero-order valence-corrected chi connectivity index (χ0v) is 11.2. The summed E-state index contributed by atoms with van der Waals surface area (Å²) in [5, 5.41) is 10.4. The third kappa shape index (κ3) is 1.95. The SMILES string of the molecule is [C-]#[N+]C1=C(CCC)Nc2[nH]ncc2C1c1ccncc1. The second-order valence-electron chi connectivity index (χ2n) is 4.76. The molecule has 0 aliphatic carbocycles. The van der Waals surface area contributed by atoms with Crippen molar-refractivity contribution < 1.29 is 0 Å². The lowest BCUT2D eigenvalue weighted by atomic mass is 9.86. The van der Waals surface area contributed by atoms with Crippen LogP contribution in [-0.4, -0.2) is 15.2 Å². The van der Waals surface area contributed by atoms with E-state index in [1.165, 1.54) is 0 Å². The Kier molecular flexibility index (Phi) is 3.21. The van der Waals surface area contributed by atoms with E-state index in [2.05, 4.69) is 32.3 Å². The minimum atomic E-state index is -0.0629. The molecular formula is C15H15N5. The Bertz CT molecular complexity index is 678. The minimum absolute atomic E-state index is 0.0629. The normalized spacial score (nSPS) is 17.3. The van der Waals surface area contributed by atoms with Crippen LogP contribution in [0.25, 0.3) is 4.85 Å². The number of fused-ring (bicyclic) bond motifs is 1. The van der Waals surface area contributed by atoms with Crippen LogP contribution in [0.15, 0.2) is 42.1 Å². The predicted molar refractivity (Wildman–Crippen MR) is 76.8 cm³/mol. The predicted octanol–water partition coefficient (Wildman–Crippen LogP) is 3.29. The summed E-state index contributed by atoms with van der Waals surface area (Å²) in [6.07, 6.45) is 7.17. The van der Waals surface area contributed by atoms with E-state index in [-0.39, 0.29) is 5.92 Å². The number of nitrogens with one attached hydrogen (secondary N) is 2. The maximum absolute atomic E-state index is 7.56. The molecule has 1 unspecified atom stereocenters. The molecule has 5 nitrogen and oxygen atoms in total. The lowest BCUT2D eigenvalue weighted by Gasteiger charge is -2.26. The molecule has 1 aliphatic heterocycles. The zero-order chi connectivity index (χ0) is 13.9. The van der Waals surface area contributed by atoms with Gasteiger partial charge in [-0.1, -0.05) is 13.3 Å².